The summed E-state index contributed by atoms with van der Waals surface area (Å²) in [7, 11) is 0. The lowest BCUT2D eigenvalue weighted by atomic mass is 10.0. The van der Waals surface area contributed by atoms with E-state index in [4.69, 9.17) is 0 Å². The first kappa shape index (κ1) is 16.5. The Morgan fingerprint density at radius 3 is 2.64 bits per heavy atom. The summed E-state index contributed by atoms with van der Waals surface area (Å²) in [5.41, 5.74) is -0.760. The Hall–Kier alpha value is -1.82. The molecule has 1 aromatic rings. The van der Waals surface area contributed by atoms with Crippen LogP contribution in [0.15, 0.2) is 36.9 Å². The van der Waals surface area contributed by atoms with Crippen LogP contribution in [0.4, 0.5) is 13.2 Å². The molecule has 0 unspecified atom stereocenters. The van der Waals surface area contributed by atoms with Crippen molar-refractivity contribution in [3.8, 4) is 0 Å². The van der Waals surface area contributed by atoms with E-state index in [1.165, 1.54) is 12.1 Å². The molecule has 1 saturated heterocycles. The molecule has 1 aliphatic heterocycles. The van der Waals surface area contributed by atoms with Gasteiger partial charge in [-0.25, -0.2) is 0 Å². The van der Waals surface area contributed by atoms with Gasteiger partial charge in [-0.3, -0.25) is 9.69 Å². The van der Waals surface area contributed by atoms with Gasteiger partial charge in [0, 0.05) is 31.2 Å². The third-order valence-electron chi connectivity index (χ3n) is 3.76. The van der Waals surface area contributed by atoms with Gasteiger partial charge < -0.3 is 5.32 Å². The first-order chi connectivity index (χ1) is 10.4. The van der Waals surface area contributed by atoms with Gasteiger partial charge in [0.25, 0.3) is 5.91 Å². The predicted molar refractivity (Wildman–Crippen MR) is 78.6 cm³/mol. The molecule has 1 fully saturated rings. The minimum absolute atomic E-state index is 0.00288. The number of hydrogen-bond donors (Lipinski definition) is 1. The highest BCUT2D eigenvalue weighted by atomic mass is 19.4. The number of rotatable bonds is 4. The minimum Gasteiger partial charge on any atom is -0.349 e. The minimum atomic E-state index is -4.44. The molecule has 1 aliphatic rings. The monoisotopic (exact) mass is 312 g/mol. The number of alkyl halides is 3. The maximum absolute atomic E-state index is 12.7. The summed E-state index contributed by atoms with van der Waals surface area (Å²) in [6.07, 6.45) is -1.02. The van der Waals surface area contributed by atoms with Crippen LogP contribution in [0.25, 0.3) is 0 Å². The zero-order chi connectivity index (χ0) is 16.2. The number of likely N-dealkylation sites (tertiary alicyclic amines) is 1. The molecule has 1 amide bonds. The van der Waals surface area contributed by atoms with Gasteiger partial charge in [-0.1, -0.05) is 12.1 Å². The summed E-state index contributed by atoms with van der Waals surface area (Å²) in [4.78, 5) is 14.3. The topological polar surface area (TPSA) is 32.3 Å². The molecular weight excluding hydrogens is 293 g/mol. The van der Waals surface area contributed by atoms with Gasteiger partial charge in [0.2, 0.25) is 0 Å². The molecule has 3 nitrogen and oxygen atoms in total. The quantitative estimate of drug-likeness (QED) is 0.867. The van der Waals surface area contributed by atoms with Crippen molar-refractivity contribution in [3.63, 3.8) is 0 Å². The average molecular weight is 312 g/mol. The van der Waals surface area contributed by atoms with E-state index < -0.39 is 17.6 Å². The van der Waals surface area contributed by atoms with E-state index in [0.717, 1.165) is 44.6 Å². The predicted octanol–water partition coefficient (Wildman–Crippen LogP) is 3.09. The number of halogens is 3. The summed E-state index contributed by atoms with van der Waals surface area (Å²) in [6, 6.07) is 4.51. The molecule has 6 heteroatoms. The van der Waals surface area contributed by atoms with Crippen molar-refractivity contribution in [3.05, 3.63) is 48.0 Å². The lowest BCUT2D eigenvalue weighted by molar-refractivity contribution is -0.137. The smallest absolute Gasteiger partial charge is 0.349 e. The number of nitrogens with zero attached hydrogens (tertiary/aromatic N) is 1. The average Bonchev–Trinajstić information content (AvgIpc) is 2.49. The number of piperidine rings is 1. The summed E-state index contributed by atoms with van der Waals surface area (Å²) < 4.78 is 38.0. The summed E-state index contributed by atoms with van der Waals surface area (Å²) >= 11 is 0. The second kappa shape index (κ2) is 6.96. The number of nitrogens with one attached hydrogen (secondary N) is 1. The van der Waals surface area contributed by atoms with Crippen molar-refractivity contribution in [2.24, 2.45) is 0 Å². The molecule has 1 aromatic carbocycles. The van der Waals surface area contributed by atoms with Crippen LogP contribution in [0, 0.1) is 0 Å². The largest absolute Gasteiger partial charge is 0.416 e. The molecule has 0 spiro atoms. The van der Waals surface area contributed by atoms with E-state index in [9.17, 15) is 18.0 Å². The maximum Gasteiger partial charge on any atom is 0.416 e. The van der Waals surface area contributed by atoms with Gasteiger partial charge in [0.15, 0.2) is 0 Å². The zero-order valence-electron chi connectivity index (χ0n) is 12.2. The van der Waals surface area contributed by atoms with Crippen LogP contribution in [0.1, 0.15) is 28.8 Å². The maximum atomic E-state index is 12.7. The Bertz CT molecular complexity index is 534. The SMILES string of the molecule is C=CCN1CCC(NC(=O)c2cccc(C(F)(F)F)c2)CC1. The zero-order valence-corrected chi connectivity index (χ0v) is 12.2. The number of carbonyl (C=O) groups is 1. The van der Waals surface area contributed by atoms with Crippen LogP contribution in [-0.4, -0.2) is 36.5 Å². The fraction of sp³-hybridized carbons (Fsp3) is 0.438. The van der Waals surface area contributed by atoms with Crippen molar-refractivity contribution in [1.82, 2.24) is 10.2 Å². The van der Waals surface area contributed by atoms with Gasteiger partial charge >= 0.3 is 6.18 Å². The molecule has 1 N–H and O–H groups in total. The molecule has 0 atom stereocenters. The van der Waals surface area contributed by atoms with E-state index in [2.05, 4.69) is 16.8 Å². The van der Waals surface area contributed by atoms with Gasteiger partial charge in [0.05, 0.1) is 5.56 Å². The number of benzene rings is 1. The van der Waals surface area contributed by atoms with Gasteiger partial charge in [0.1, 0.15) is 0 Å². The molecular formula is C16H19F3N2O. The van der Waals surface area contributed by atoms with Crippen molar-refractivity contribution in [2.45, 2.75) is 25.1 Å². The molecule has 120 valence electrons. The lowest BCUT2D eigenvalue weighted by Crippen LogP contribution is -2.44. The first-order valence-corrected chi connectivity index (χ1v) is 7.21. The van der Waals surface area contributed by atoms with Gasteiger partial charge in [-0.05, 0) is 31.0 Å². The molecule has 22 heavy (non-hydrogen) atoms. The van der Waals surface area contributed by atoms with Crippen LogP contribution in [0.5, 0.6) is 0 Å². The third-order valence-corrected chi connectivity index (χ3v) is 3.76. The Labute approximate surface area is 127 Å². The van der Waals surface area contributed by atoms with Crippen LogP contribution in [0.2, 0.25) is 0 Å². The molecule has 0 radical (unpaired) electrons. The summed E-state index contributed by atoms with van der Waals surface area (Å²) in [6.45, 7) is 6.19. The van der Waals surface area contributed by atoms with Crippen LogP contribution < -0.4 is 5.32 Å². The van der Waals surface area contributed by atoms with E-state index >= 15 is 0 Å². The van der Waals surface area contributed by atoms with E-state index in [0.29, 0.717) is 0 Å². The third kappa shape index (κ3) is 4.34. The van der Waals surface area contributed by atoms with Gasteiger partial charge in [-0.2, -0.15) is 13.2 Å². The molecule has 0 saturated carbocycles. The molecule has 1 heterocycles. The fourth-order valence-electron chi connectivity index (χ4n) is 2.55. The van der Waals surface area contributed by atoms with Crippen molar-refractivity contribution in [1.29, 1.82) is 0 Å². The number of carbonyl (C=O) groups excluding carboxylic acids is 1. The van der Waals surface area contributed by atoms with Gasteiger partial charge in [-0.15, -0.1) is 6.58 Å². The Morgan fingerprint density at radius 2 is 2.05 bits per heavy atom. The summed E-state index contributed by atoms with van der Waals surface area (Å²) in [5.74, 6) is -0.451. The van der Waals surface area contributed by atoms with Crippen molar-refractivity contribution >= 4 is 5.91 Å². The van der Waals surface area contributed by atoms with E-state index in [-0.39, 0.29) is 11.6 Å². The van der Waals surface area contributed by atoms with Crippen molar-refractivity contribution in [2.75, 3.05) is 19.6 Å². The van der Waals surface area contributed by atoms with E-state index in [1.807, 2.05) is 6.08 Å². The second-order valence-electron chi connectivity index (χ2n) is 5.42. The molecule has 0 aliphatic carbocycles. The number of amides is 1. The van der Waals surface area contributed by atoms with Crippen LogP contribution >= 0.6 is 0 Å². The lowest BCUT2D eigenvalue weighted by Gasteiger charge is -2.31. The van der Waals surface area contributed by atoms with Crippen LogP contribution in [0.3, 0.4) is 0 Å². The van der Waals surface area contributed by atoms with Crippen LogP contribution in [-0.2, 0) is 6.18 Å². The Morgan fingerprint density at radius 1 is 1.36 bits per heavy atom. The molecule has 0 aromatic heterocycles. The normalized spacial score (nSPS) is 17.2. The molecule has 0 bridgehead atoms. The summed E-state index contributed by atoms with van der Waals surface area (Å²) in [5, 5.41) is 2.82. The fourth-order valence-corrected chi connectivity index (χ4v) is 2.55. The number of hydrogen-bond acceptors (Lipinski definition) is 2. The van der Waals surface area contributed by atoms with Crippen molar-refractivity contribution < 1.29 is 18.0 Å². The van der Waals surface area contributed by atoms with E-state index in [1.54, 1.807) is 0 Å². The first-order valence-electron chi connectivity index (χ1n) is 7.21. The highest BCUT2D eigenvalue weighted by Crippen LogP contribution is 2.29. The second-order valence-corrected chi connectivity index (χ2v) is 5.42. The highest BCUT2D eigenvalue weighted by Gasteiger charge is 2.31. The Balaban J connectivity index is 1.94. The highest BCUT2D eigenvalue weighted by molar-refractivity contribution is 5.94. The molecule has 2 rings (SSSR count). The standard InChI is InChI=1S/C16H19F3N2O/c1-2-8-21-9-6-14(7-10-21)20-15(22)12-4-3-5-13(11-12)16(17,18)19/h2-5,11,14H,1,6-10H2,(H,20,22). The Kier molecular flexibility index (Phi) is 5.24.